The van der Waals surface area contributed by atoms with Gasteiger partial charge in [-0.25, -0.2) is 0 Å². The standard InChI is InChI=1S/C15H19N3O.C2H6/c1-12-7-9-18(10-8-12)11-14-16-15(17-19-14)13-5-3-2-4-6-13;1-2/h2-6,12H,7-11H2,1H3;1-2H3. The van der Waals surface area contributed by atoms with Crippen molar-refractivity contribution < 1.29 is 4.52 Å². The van der Waals surface area contributed by atoms with Crippen LogP contribution in [0.4, 0.5) is 0 Å². The van der Waals surface area contributed by atoms with Gasteiger partial charge in [-0.05, 0) is 31.8 Å². The number of nitrogens with zero attached hydrogens (tertiary/aromatic N) is 3. The highest BCUT2D eigenvalue weighted by atomic mass is 16.5. The van der Waals surface area contributed by atoms with Crippen LogP contribution in [0.1, 0.15) is 39.5 Å². The molecule has 114 valence electrons. The summed E-state index contributed by atoms with van der Waals surface area (Å²) < 4.78 is 5.35. The second-order valence-corrected chi connectivity index (χ2v) is 5.34. The van der Waals surface area contributed by atoms with Gasteiger partial charge in [0.2, 0.25) is 11.7 Å². The molecule has 0 spiro atoms. The third-order valence-corrected chi connectivity index (χ3v) is 3.74. The van der Waals surface area contributed by atoms with Crippen LogP contribution < -0.4 is 0 Å². The van der Waals surface area contributed by atoms with Crippen LogP contribution in [0.15, 0.2) is 34.9 Å². The van der Waals surface area contributed by atoms with Crippen LogP contribution in [0.25, 0.3) is 11.4 Å². The summed E-state index contributed by atoms with van der Waals surface area (Å²) in [5.74, 6) is 2.24. The van der Waals surface area contributed by atoms with Gasteiger partial charge in [0.05, 0.1) is 6.54 Å². The van der Waals surface area contributed by atoms with E-state index in [2.05, 4.69) is 22.0 Å². The van der Waals surface area contributed by atoms with Crippen molar-refractivity contribution in [2.75, 3.05) is 13.1 Å². The van der Waals surface area contributed by atoms with Crippen molar-refractivity contribution >= 4 is 0 Å². The molecule has 1 saturated heterocycles. The Bertz CT molecular complexity index is 516. The molecule has 0 unspecified atom stereocenters. The van der Waals surface area contributed by atoms with E-state index in [0.29, 0.717) is 11.7 Å². The molecule has 1 aromatic heterocycles. The molecule has 1 aromatic carbocycles. The zero-order chi connectivity index (χ0) is 15.1. The Hall–Kier alpha value is -1.68. The van der Waals surface area contributed by atoms with Gasteiger partial charge < -0.3 is 4.52 Å². The van der Waals surface area contributed by atoms with Crippen molar-refractivity contribution in [2.45, 2.75) is 40.2 Å². The fourth-order valence-corrected chi connectivity index (χ4v) is 2.44. The average molecular weight is 287 g/mol. The van der Waals surface area contributed by atoms with Gasteiger partial charge in [-0.2, -0.15) is 4.98 Å². The Morgan fingerprint density at radius 3 is 2.48 bits per heavy atom. The van der Waals surface area contributed by atoms with Crippen LogP contribution in [0.3, 0.4) is 0 Å². The molecule has 0 amide bonds. The highest BCUT2D eigenvalue weighted by Crippen LogP contribution is 2.19. The largest absolute Gasteiger partial charge is 0.338 e. The normalized spacial score (nSPS) is 16.3. The first-order chi connectivity index (χ1) is 10.3. The molecule has 1 aliphatic heterocycles. The molecule has 2 heterocycles. The maximum atomic E-state index is 5.35. The van der Waals surface area contributed by atoms with E-state index < -0.39 is 0 Å². The molecule has 3 rings (SSSR count). The van der Waals surface area contributed by atoms with E-state index in [0.717, 1.165) is 31.1 Å². The summed E-state index contributed by atoms with van der Waals surface area (Å²) in [6, 6.07) is 9.95. The molecule has 21 heavy (non-hydrogen) atoms. The summed E-state index contributed by atoms with van der Waals surface area (Å²) in [5, 5.41) is 4.05. The molecule has 0 N–H and O–H groups in total. The molecular weight excluding hydrogens is 262 g/mol. The maximum Gasteiger partial charge on any atom is 0.241 e. The number of likely N-dealkylation sites (tertiary alicyclic amines) is 1. The van der Waals surface area contributed by atoms with Gasteiger partial charge in [-0.3, -0.25) is 4.90 Å². The molecule has 0 aliphatic carbocycles. The van der Waals surface area contributed by atoms with Crippen molar-refractivity contribution in [3.05, 3.63) is 36.2 Å². The van der Waals surface area contributed by atoms with Crippen LogP contribution in [0.2, 0.25) is 0 Å². The van der Waals surface area contributed by atoms with Gasteiger partial charge in [-0.1, -0.05) is 56.3 Å². The van der Waals surface area contributed by atoms with Crippen LogP contribution in [-0.2, 0) is 6.54 Å². The number of piperidine rings is 1. The minimum atomic E-state index is 0.681. The number of hydrogen-bond acceptors (Lipinski definition) is 4. The first kappa shape index (κ1) is 15.7. The minimum absolute atomic E-state index is 0.681. The Labute approximate surface area is 127 Å². The summed E-state index contributed by atoms with van der Waals surface area (Å²) in [4.78, 5) is 6.87. The summed E-state index contributed by atoms with van der Waals surface area (Å²) in [5.41, 5.74) is 1.00. The Morgan fingerprint density at radius 1 is 1.14 bits per heavy atom. The Balaban J connectivity index is 0.000000774. The van der Waals surface area contributed by atoms with Crippen LogP contribution in [0, 0.1) is 5.92 Å². The van der Waals surface area contributed by atoms with Crippen molar-refractivity contribution in [3.63, 3.8) is 0 Å². The second-order valence-electron chi connectivity index (χ2n) is 5.34. The topological polar surface area (TPSA) is 42.2 Å². The third kappa shape index (κ3) is 4.39. The fraction of sp³-hybridized carbons (Fsp3) is 0.529. The number of hydrogen-bond donors (Lipinski definition) is 0. The van der Waals surface area contributed by atoms with E-state index in [1.807, 2.05) is 44.2 Å². The third-order valence-electron chi connectivity index (χ3n) is 3.74. The smallest absolute Gasteiger partial charge is 0.241 e. The number of rotatable bonds is 3. The van der Waals surface area contributed by atoms with Gasteiger partial charge in [0, 0.05) is 5.56 Å². The maximum absolute atomic E-state index is 5.35. The predicted octanol–water partition coefficient (Wildman–Crippen LogP) is 3.99. The predicted molar refractivity (Wildman–Crippen MR) is 84.8 cm³/mol. The zero-order valence-electron chi connectivity index (χ0n) is 13.2. The van der Waals surface area contributed by atoms with E-state index in [9.17, 15) is 0 Å². The highest BCUT2D eigenvalue weighted by molar-refractivity contribution is 5.53. The van der Waals surface area contributed by atoms with Gasteiger partial charge in [-0.15, -0.1) is 0 Å². The van der Waals surface area contributed by atoms with E-state index in [1.54, 1.807) is 0 Å². The van der Waals surface area contributed by atoms with E-state index >= 15 is 0 Å². The molecular formula is C17H25N3O. The molecule has 1 aliphatic rings. The first-order valence-electron chi connectivity index (χ1n) is 7.91. The van der Waals surface area contributed by atoms with E-state index in [-0.39, 0.29) is 0 Å². The quantitative estimate of drug-likeness (QED) is 0.856. The summed E-state index contributed by atoms with van der Waals surface area (Å²) in [6.45, 7) is 9.35. The van der Waals surface area contributed by atoms with Crippen LogP contribution in [-0.4, -0.2) is 28.1 Å². The molecule has 0 bridgehead atoms. The van der Waals surface area contributed by atoms with Gasteiger partial charge >= 0.3 is 0 Å². The molecule has 1 fully saturated rings. The zero-order valence-corrected chi connectivity index (χ0v) is 13.2. The van der Waals surface area contributed by atoms with E-state index in [4.69, 9.17) is 4.52 Å². The monoisotopic (exact) mass is 287 g/mol. The first-order valence-corrected chi connectivity index (χ1v) is 7.91. The lowest BCUT2D eigenvalue weighted by Crippen LogP contribution is -2.32. The van der Waals surface area contributed by atoms with Crippen molar-refractivity contribution in [1.29, 1.82) is 0 Å². The summed E-state index contributed by atoms with van der Waals surface area (Å²) in [6.07, 6.45) is 2.53. The Morgan fingerprint density at radius 2 is 1.81 bits per heavy atom. The van der Waals surface area contributed by atoms with Gasteiger partial charge in [0.15, 0.2) is 0 Å². The van der Waals surface area contributed by atoms with Crippen LogP contribution in [0.5, 0.6) is 0 Å². The van der Waals surface area contributed by atoms with Crippen LogP contribution >= 0.6 is 0 Å². The highest BCUT2D eigenvalue weighted by Gasteiger charge is 2.18. The second kappa shape index (κ2) is 7.93. The van der Waals surface area contributed by atoms with Crippen molar-refractivity contribution in [3.8, 4) is 11.4 Å². The number of benzene rings is 1. The molecule has 2 aromatic rings. The molecule has 0 atom stereocenters. The lowest BCUT2D eigenvalue weighted by atomic mass is 9.99. The van der Waals surface area contributed by atoms with Gasteiger partial charge in [0.25, 0.3) is 0 Å². The Kier molecular flexibility index (Phi) is 5.93. The SMILES string of the molecule is CC.CC1CCN(Cc2nc(-c3ccccc3)no2)CC1. The minimum Gasteiger partial charge on any atom is -0.338 e. The van der Waals surface area contributed by atoms with Crippen molar-refractivity contribution in [2.24, 2.45) is 5.92 Å². The fourth-order valence-electron chi connectivity index (χ4n) is 2.44. The van der Waals surface area contributed by atoms with E-state index in [1.165, 1.54) is 12.8 Å². The lowest BCUT2D eigenvalue weighted by molar-refractivity contribution is 0.165. The molecule has 4 heteroatoms. The molecule has 4 nitrogen and oxygen atoms in total. The average Bonchev–Trinajstić information content (AvgIpc) is 3.01. The van der Waals surface area contributed by atoms with Crippen molar-refractivity contribution in [1.82, 2.24) is 15.0 Å². The number of aromatic nitrogens is 2. The molecule has 0 radical (unpaired) electrons. The summed E-state index contributed by atoms with van der Waals surface area (Å²) >= 11 is 0. The van der Waals surface area contributed by atoms with Gasteiger partial charge in [0.1, 0.15) is 0 Å². The summed E-state index contributed by atoms with van der Waals surface area (Å²) in [7, 11) is 0. The molecule has 0 saturated carbocycles. The lowest BCUT2D eigenvalue weighted by Gasteiger charge is -2.28.